The van der Waals surface area contributed by atoms with Gasteiger partial charge in [0.05, 0.1) is 36.9 Å². The van der Waals surface area contributed by atoms with Gasteiger partial charge in [0.1, 0.15) is 17.2 Å². The van der Waals surface area contributed by atoms with Crippen molar-refractivity contribution >= 4 is 34.8 Å². The van der Waals surface area contributed by atoms with Gasteiger partial charge in [-0.1, -0.05) is 18.2 Å². The average Bonchev–Trinajstić information content (AvgIpc) is 3.22. The standard InChI is InChI=1S/C43H62N6O12/c1-26-15-29(38(56)32(18-26)44-41(59)35(53)23-50)7-14-47-8-4-10-48(21-30-16-27(2)19-33(39(30)57)45-42(60)36(54)24-51)12-6-13-49(11-5-9-47)22-31-17-28(3)20-34(40(31)58)46-43(61)37(55)25-52/h15-20,35-37,50-58H,4-14,21-25H2,1-3H3,(H,44,59)(H,45,60)(H,46,61). The lowest BCUT2D eigenvalue weighted by molar-refractivity contribution is -0.126. The predicted molar refractivity (Wildman–Crippen MR) is 228 cm³/mol. The van der Waals surface area contributed by atoms with Crippen molar-refractivity contribution in [2.45, 2.75) is 77.9 Å². The van der Waals surface area contributed by atoms with E-state index in [0.717, 1.165) is 29.5 Å². The number of nitrogens with one attached hydrogen (secondary N) is 3. The van der Waals surface area contributed by atoms with Crippen LogP contribution in [0.5, 0.6) is 17.2 Å². The first-order valence-electron chi connectivity index (χ1n) is 20.5. The third kappa shape index (κ3) is 14.3. The highest BCUT2D eigenvalue weighted by atomic mass is 16.3. The van der Waals surface area contributed by atoms with Crippen molar-refractivity contribution in [1.29, 1.82) is 0 Å². The zero-order valence-electron chi connectivity index (χ0n) is 35.1. The first-order valence-corrected chi connectivity index (χ1v) is 20.5. The number of phenolic OH excluding ortho intramolecular Hbond substituents is 3. The molecule has 3 aromatic carbocycles. The minimum Gasteiger partial charge on any atom is -0.505 e. The number of carbonyl (C=O) groups excluding carboxylic acids is 3. The Morgan fingerprint density at radius 2 is 0.803 bits per heavy atom. The Kier molecular flexibility index (Phi) is 18.7. The lowest BCUT2D eigenvalue weighted by atomic mass is 10.0. The number of phenols is 3. The summed E-state index contributed by atoms with van der Waals surface area (Å²) in [4.78, 5) is 43.8. The molecule has 0 saturated carbocycles. The zero-order valence-corrected chi connectivity index (χ0v) is 35.1. The van der Waals surface area contributed by atoms with Crippen LogP contribution < -0.4 is 16.0 Å². The molecule has 3 atom stereocenters. The van der Waals surface area contributed by atoms with Crippen LogP contribution in [0.25, 0.3) is 0 Å². The summed E-state index contributed by atoms with van der Waals surface area (Å²) >= 11 is 0. The number of aromatic hydroxyl groups is 3. The van der Waals surface area contributed by atoms with Crippen molar-refractivity contribution in [2.24, 2.45) is 0 Å². The second kappa shape index (κ2) is 23.4. The van der Waals surface area contributed by atoms with E-state index in [0.29, 0.717) is 88.4 Å². The molecule has 18 heteroatoms. The topological polar surface area (TPSA) is 279 Å². The highest BCUT2D eigenvalue weighted by Gasteiger charge is 2.23. The van der Waals surface area contributed by atoms with E-state index < -0.39 is 55.9 Å². The molecule has 0 bridgehead atoms. The maximum atomic E-state index is 12.4. The maximum absolute atomic E-state index is 12.4. The van der Waals surface area contributed by atoms with Gasteiger partial charge >= 0.3 is 0 Å². The summed E-state index contributed by atoms with van der Waals surface area (Å²) in [6.07, 6.45) is -2.31. The van der Waals surface area contributed by atoms with Gasteiger partial charge in [0.2, 0.25) is 0 Å². The summed E-state index contributed by atoms with van der Waals surface area (Å²) in [5.74, 6) is -2.97. The molecule has 3 aromatic rings. The molecule has 1 aliphatic rings. The van der Waals surface area contributed by atoms with E-state index in [2.05, 4.69) is 30.7 Å². The molecule has 0 spiro atoms. The Morgan fingerprint density at radius 3 is 1.13 bits per heavy atom. The summed E-state index contributed by atoms with van der Waals surface area (Å²) in [7, 11) is 0. The van der Waals surface area contributed by atoms with Crippen LogP contribution in [-0.2, 0) is 33.9 Å². The van der Waals surface area contributed by atoms with Gasteiger partial charge in [-0.25, -0.2) is 0 Å². The fourth-order valence-corrected chi connectivity index (χ4v) is 7.37. The fraction of sp³-hybridized carbons (Fsp3) is 0.512. The van der Waals surface area contributed by atoms with Gasteiger partial charge < -0.3 is 66.8 Å². The third-order valence-corrected chi connectivity index (χ3v) is 10.5. The highest BCUT2D eigenvalue weighted by molar-refractivity contribution is 5.97. The van der Waals surface area contributed by atoms with Crippen LogP contribution in [0.3, 0.4) is 0 Å². The molecule has 0 aliphatic carbocycles. The van der Waals surface area contributed by atoms with Crippen LogP contribution in [-0.4, -0.2) is 162 Å². The van der Waals surface area contributed by atoms with Gasteiger partial charge in [0, 0.05) is 30.8 Å². The number of aryl methyl sites for hydroxylation is 3. The van der Waals surface area contributed by atoms with E-state index in [-0.39, 0.29) is 34.3 Å². The van der Waals surface area contributed by atoms with Crippen LogP contribution in [0, 0.1) is 20.8 Å². The number of hydrogen-bond acceptors (Lipinski definition) is 15. The summed E-state index contributed by atoms with van der Waals surface area (Å²) in [6.45, 7) is 8.22. The predicted octanol–water partition coefficient (Wildman–Crippen LogP) is 0.637. The lowest BCUT2D eigenvalue weighted by Crippen LogP contribution is -2.37. The van der Waals surface area contributed by atoms with Gasteiger partial charge in [-0.3, -0.25) is 24.2 Å². The van der Waals surface area contributed by atoms with E-state index in [4.69, 9.17) is 0 Å². The summed E-state index contributed by atoms with van der Waals surface area (Å²) in [6, 6.07) is 10.2. The molecule has 18 nitrogen and oxygen atoms in total. The van der Waals surface area contributed by atoms with Gasteiger partial charge in [0.15, 0.2) is 18.3 Å². The summed E-state index contributed by atoms with van der Waals surface area (Å²) < 4.78 is 0. The summed E-state index contributed by atoms with van der Waals surface area (Å²) in [5, 5.41) is 98.2. The Morgan fingerprint density at radius 1 is 0.508 bits per heavy atom. The molecular weight excluding hydrogens is 793 g/mol. The van der Waals surface area contributed by atoms with Crippen LogP contribution in [0.4, 0.5) is 17.1 Å². The van der Waals surface area contributed by atoms with E-state index >= 15 is 0 Å². The molecule has 61 heavy (non-hydrogen) atoms. The zero-order chi connectivity index (χ0) is 44.8. The number of benzene rings is 3. The van der Waals surface area contributed by atoms with Crippen molar-refractivity contribution in [3.05, 3.63) is 69.8 Å². The van der Waals surface area contributed by atoms with Gasteiger partial charge in [-0.05, 0) is 126 Å². The summed E-state index contributed by atoms with van der Waals surface area (Å²) in [5.41, 5.74) is 4.38. The van der Waals surface area contributed by atoms with Gasteiger partial charge in [-0.15, -0.1) is 0 Å². The minimum atomic E-state index is -1.65. The molecule has 1 saturated heterocycles. The molecule has 4 rings (SSSR count). The minimum absolute atomic E-state index is 0.116. The van der Waals surface area contributed by atoms with Crippen molar-refractivity contribution in [3.8, 4) is 17.2 Å². The molecule has 0 radical (unpaired) electrons. The molecule has 12 N–H and O–H groups in total. The van der Waals surface area contributed by atoms with E-state index in [1.54, 1.807) is 18.2 Å². The monoisotopic (exact) mass is 854 g/mol. The number of nitrogens with zero attached hydrogens (tertiary/aromatic N) is 3. The van der Waals surface area contributed by atoms with Crippen molar-refractivity contribution < 1.29 is 60.3 Å². The molecular formula is C43H62N6O12. The SMILES string of the molecule is Cc1cc(CCN2CCCN(Cc3cc(C)cc(NC(=O)C(O)CO)c3O)CCCN(Cc3cc(C)cc(NC(=O)C(O)CO)c3O)CCC2)c(O)c(NC(=O)C(O)CO)c1. The maximum Gasteiger partial charge on any atom is 0.255 e. The number of aliphatic hydroxyl groups excluding tert-OH is 6. The molecule has 3 amide bonds. The number of hydrogen-bond donors (Lipinski definition) is 12. The number of aliphatic hydroxyl groups is 6. The Hall–Kier alpha value is -4.89. The third-order valence-electron chi connectivity index (χ3n) is 10.5. The average molecular weight is 855 g/mol. The second-order valence-corrected chi connectivity index (χ2v) is 15.7. The van der Waals surface area contributed by atoms with E-state index in [1.807, 2.05) is 39.0 Å². The van der Waals surface area contributed by atoms with Crippen LogP contribution in [0.2, 0.25) is 0 Å². The molecule has 1 fully saturated rings. The number of carbonyl (C=O) groups is 3. The van der Waals surface area contributed by atoms with Gasteiger partial charge in [-0.2, -0.15) is 0 Å². The highest BCUT2D eigenvalue weighted by Crippen LogP contribution is 2.33. The fourth-order valence-electron chi connectivity index (χ4n) is 7.37. The van der Waals surface area contributed by atoms with Crippen molar-refractivity contribution in [3.63, 3.8) is 0 Å². The van der Waals surface area contributed by atoms with Crippen LogP contribution >= 0.6 is 0 Å². The van der Waals surface area contributed by atoms with E-state index in [1.165, 1.54) is 0 Å². The Labute approximate surface area is 355 Å². The van der Waals surface area contributed by atoms with Gasteiger partial charge in [0.25, 0.3) is 17.7 Å². The number of anilines is 3. The molecule has 3 unspecified atom stereocenters. The van der Waals surface area contributed by atoms with E-state index in [9.17, 15) is 60.3 Å². The lowest BCUT2D eigenvalue weighted by Gasteiger charge is -2.31. The van der Waals surface area contributed by atoms with Crippen molar-refractivity contribution in [2.75, 3.05) is 81.6 Å². The second-order valence-electron chi connectivity index (χ2n) is 15.7. The molecule has 1 aliphatic heterocycles. The largest absolute Gasteiger partial charge is 0.505 e. The van der Waals surface area contributed by atoms with Crippen molar-refractivity contribution in [1.82, 2.24) is 14.7 Å². The smallest absolute Gasteiger partial charge is 0.255 e. The molecule has 336 valence electrons. The normalized spacial score (nSPS) is 16.5. The number of rotatable bonds is 16. The first-order chi connectivity index (χ1) is 29.0. The molecule has 1 heterocycles. The quantitative estimate of drug-likeness (QED) is 0.0882. The first kappa shape index (κ1) is 48.8. The van der Waals surface area contributed by atoms with Crippen LogP contribution in [0.15, 0.2) is 36.4 Å². The van der Waals surface area contributed by atoms with Crippen LogP contribution in [0.1, 0.15) is 52.6 Å². The molecule has 0 aromatic heterocycles. The Balaban J connectivity index is 1.59. The Bertz CT molecular complexity index is 1870. The number of amides is 3.